The van der Waals surface area contributed by atoms with Crippen molar-refractivity contribution in [2.75, 3.05) is 10.6 Å². The molecule has 1 heterocycles. The molecule has 1 aromatic carbocycles. The third-order valence-corrected chi connectivity index (χ3v) is 3.65. The molecule has 25 heavy (non-hydrogen) atoms. The molecule has 4 N–H and O–H groups in total. The van der Waals surface area contributed by atoms with Crippen molar-refractivity contribution < 1.29 is 17.9 Å². The predicted molar refractivity (Wildman–Crippen MR) is 93.0 cm³/mol. The van der Waals surface area contributed by atoms with Gasteiger partial charge in [-0.15, -0.1) is 0 Å². The van der Waals surface area contributed by atoms with Crippen LogP contribution in [0.1, 0.15) is 20.8 Å². The van der Waals surface area contributed by atoms with E-state index in [1.165, 1.54) is 18.3 Å². The number of anilines is 3. The quantitative estimate of drug-likeness (QED) is 0.755. The minimum Gasteiger partial charge on any atom is -0.444 e. The molecule has 0 saturated carbocycles. The first-order valence-corrected chi connectivity index (χ1v) is 8.80. The van der Waals surface area contributed by atoms with E-state index in [0.717, 1.165) is 0 Å². The van der Waals surface area contributed by atoms with Crippen LogP contribution in [0.25, 0.3) is 0 Å². The molecule has 0 bridgehead atoms. The number of primary sulfonamides is 1. The summed E-state index contributed by atoms with van der Waals surface area (Å²) in [5.41, 5.74) is -0.0419. The Morgan fingerprint density at radius 2 is 1.80 bits per heavy atom. The number of nitrogens with one attached hydrogen (secondary N) is 2. The summed E-state index contributed by atoms with van der Waals surface area (Å²) in [6.07, 6.45) is 0.794. The molecule has 9 nitrogen and oxygen atoms in total. The Labute approximate surface area is 145 Å². The molecule has 0 aliphatic rings. The van der Waals surface area contributed by atoms with E-state index in [0.29, 0.717) is 11.5 Å². The van der Waals surface area contributed by atoms with E-state index in [-0.39, 0.29) is 10.8 Å². The van der Waals surface area contributed by atoms with Crippen molar-refractivity contribution in [1.82, 2.24) is 9.97 Å². The average molecular weight is 365 g/mol. The minimum atomic E-state index is -3.74. The second-order valence-electron chi connectivity index (χ2n) is 6.09. The van der Waals surface area contributed by atoms with Crippen LogP contribution >= 0.6 is 0 Å². The molecule has 2 aromatic rings. The van der Waals surface area contributed by atoms with E-state index in [4.69, 9.17) is 9.88 Å². The lowest BCUT2D eigenvalue weighted by atomic mass is 10.2. The van der Waals surface area contributed by atoms with Gasteiger partial charge in [-0.2, -0.15) is 4.98 Å². The van der Waals surface area contributed by atoms with E-state index in [2.05, 4.69) is 20.6 Å². The first kappa shape index (κ1) is 18.6. The number of aromatic nitrogens is 2. The third kappa shape index (κ3) is 6.01. The van der Waals surface area contributed by atoms with Crippen LogP contribution in [0.2, 0.25) is 0 Å². The smallest absolute Gasteiger partial charge is 0.414 e. The molecule has 0 unspecified atom stereocenters. The Bertz CT molecular complexity index is 860. The van der Waals surface area contributed by atoms with Crippen LogP contribution in [0.5, 0.6) is 0 Å². The van der Waals surface area contributed by atoms with Crippen LogP contribution in [-0.4, -0.2) is 30.1 Å². The zero-order valence-electron chi connectivity index (χ0n) is 14.0. The summed E-state index contributed by atoms with van der Waals surface area (Å²) < 4.78 is 27.6. The second-order valence-corrected chi connectivity index (χ2v) is 7.65. The van der Waals surface area contributed by atoms with Crippen molar-refractivity contribution >= 4 is 33.6 Å². The highest BCUT2D eigenvalue weighted by Crippen LogP contribution is 2.18. The summed E-state index contributed by atoms with van der Waals surface area (Å²) in [5.74, 6) is 0.477. The summed E-state index contributed by atoms with van der Waals surface area (Å²) in [5, 5.41) is 10.4. The summed E-state index contributed by atoms with van der Waals surface area (Å²) >= 11 is 0. The van der Waals surface area contributed by atoms with Crippen molar-refractivity contribution in [3.05, 3.63) is 36.5 Å². The molecule has 0 aliphatic heterocycles. The van der Waals surface area contributed by atoms with E-state index in [1.54, 1.807) is 39.0 Å². The lowest BCUT2D eigenvalue weighted by Gasteiger charge is -2.19. The van der Waals surface area contributed by atoms with Crippen LogP contribution < -0.4 is 15.8 Å². The van der Waals surface area contributed by atoms with Gasteiger partial charge in [0.2, 0.25) is 16.0 Å². The van der Waals surface area contributed by atoms with Crippen molar-refractivity contribution in [1.29, 1.82) is 0 Å². The van der Waals surface area contributed by atoms with Crippen molar-refractivity contribution in [2.45, 2.75) is 31.3 Å². The highest BCUT2D eigenvalue weighted by atomic mass is 32.2. The van der Waals surface area contributed by atoms with Crippen LogP contribution in [-0.2, 0) is 14.8 Å². The molecule has 2 rings (SSSR count). The van der Waals surface area contributed by atoms with Gasteiger partial charge < -0.3 is 10.1 Å². The fraction of sp³-hybridized carbons (Fsp3) is 0.267. The number of carbonyl (C=O) groups is 1. The molecular formula is C15H19N5O4S. The molecule has 1 amide bonds. The largest absolute Gasteiger partial charge is 0.444 e. The molecule has 0 spiro atoms. The van der Waals surface area contributed by atoms with Gasteiger partial charge in [-0.3, -0.25) is 5.32 Å². The number of nitrogens with two attached hydrogens (primary N) is 1. The molecule has 0 saturated heterocycles. The van der Waals surface area contributed by atoms with Gasteiger partial charge in [-0.05, 0) is 51.1 Å². The lowest BCUT2D eigenvalue weighted by molar-refractivity contribution is 0.0634. The van der Waals surface area contributed by atoms with Gasteiger partial charge in [0, 0.05) is 11.9 Å². The highest BCUT2D eigenvalue weighted by Gasteiger charge is 2.17. The molecule has 0 aliphatic carbocycles. The molecular weight excluding hydrogens is 346 g/mol. The summed E-state index contributed by atoms with van der Waals surface area (Å²) in [7, 11) is -3.74. The number of amides is 1. The number of carbonyl (C=O) groups excluding carboxylic acids is 1. The number of nitrogens with zero attached hydrogens (tertiary/aromatic N) is 2. The maximum Gasteiger partial charge on any atom is 0.414 e. The van der Waals surface area contributed by atoms with Gasteiger partial charge in [-0.25, -0.2) is 23.3 Å². The molecule has 0 atom stereocenters. The van der Waals surface area contributed by atoms with Gasteiger partial charge in [0.25, 0.3) is 0 Å². The summed E-state index contributed by atoms with van der Waals surface area (Å²) in [6.45, 7) is 5.24. The number of benzene rings is 1. The maximum atomic E-state index is 11.7. The van der Waals surface area contributed by atoms with Crippen LogP contribution in [0.3, 0.4) is 0 Å². The number of hydrogen-bond donors (Lipinski definition) is 3. The molecule has 134 valence electrons. The van der Waals surface area contributed by atoms with Crippen molar-refractivity contribution in [3.63, 3.8) is 0 Å². The van der Waals surface area contributed by atoms with Crippen LogP contribution in [0, 0.1) is 0 Å². The SMILES string of the molecule is CC(C)(C)OC(=O)Nc1nccc(Nc2ccc(S(N)(=O)=O)cc2)n1. The average Bonchev–Trinajstić information content (AvgIpc) is 2.45. The second kappa shape index (κ2) is 7.03. The summed E-state index contributed by atoms with van der Waals surface area (Å²) in [4.78, 5) is 19.8. The number of ether oxygens (including phenoxy) is 1. The monoisotopic (exact) mass is 365 g/mol. The Balaban J connectivity index is 2.07. The molecule has 0 fully saturated rings. The third-order valence-electron chi connectivity index (χ3n) is 2.72. The normalized spacial score (nSPS) is 11.7. The molecule has 10 heteroatoms. The first-order chi connectivity index (χ1) is 11.5. The minimum absolute atomic E-state index is 0.00742. The van der Waals surface area contributed by atoms with Crippen molar-refractivity contribution in [2.24, 2.45) is 5.14 Å². The fourth-order valence-corrected chi connectivity index (χ4v) is 2.27. The van der Waals surface area contributed by atoms with E-state index in [1.807, 2.05) is 0 Å². The van der Waals surface area contributed by atoms with Gasteiger partial charge in [0.15, 0.2) is 0 Å². The summed E-state index contributed by atoms with van der Waals surface area (Å²) in [6, 6.07) is 7.43. The fourth-order valence-electron chi connectivity index (χ4n) is 1.76. The number of hydrogen-bond acceptors (Lipinski definition) is 7. The van der Waals surface area contributed by atoms with Gasteiger partial charge in [-0.1, -0.05) is 0 Å². The first-order valence-electron chi connectivity index (χ1n) is 7.26. The Kier molecular flexibility index (Phi) is 5.24. The zero-order valence-corrected chi connectivity index (χ0v) is 14.8. The van der Waals surface area contributed by atoms with E-state index < -0.39 is 21.7 Å². The zero-order chi connectivity index (χ0) is 18.7. The highest BCUT2D eigenvalue weighted by molar-refractivity contribution is 7.89. The van der Waals surface area contributed by atoms with Gasteiger partial charge >= 0.3 is 6.09 Å². The maximum absolute atomic E-state index is 11.7. The Morgan fingerprint density at radius 3 is 2.36 bits per heavy atom. The topological polar surface area (TPSA) is 136 Å². The van der Waals surface area contributed by atoms with Gasteiger partial charge in [0.05, 0.1) is 4.90 Å². The predicted octanol–water partition coefficient (Wildman–Crippen LogP) is 2.21. The molecule has 0 radical (unpaired) electrons. The lowest BCUT2D eigenvalue weighted by Crippen LogP contribution is -2.27. The van der Waals surface area contributed by atoms with Crippen LogP contribution in [0.15, 0.2) is 41.4 Å². The Morgan fingerprint density at radius 1 is 1.16 bits per heavy atom. The standard InChI is InChI=1S/C15H19N5O4S/c1-15(2,3)24-14(21)20-13-17-9-8-12(19-13)18-10-4-6-11(7-5-10)25(16,22)23/h4-9H,1-3H3,(H2,16,22,23)(H2,17,18,19,20,21). The van der Waals surface area contributed by atoms with E-state index in [9.17, 15) is 13.2 Å². The Hall–Kier alpha value is -2.72. The van der Waals surface area contributed by atoms with Crippen molar-refractivity contribution in [3.8, 4) is 0 Å². The molecule has 1 aromatic heterocycles. The number of sulfonamides is 1. The van der Waals surface area contributed by atoms with Gasteiger partial charge in [0.1, 0.15) is 11.4 Å². The van der Waals surface area contributed by atoms with Crippen LogP contribution in [0.4, 0.5) is 22.2 Å². The number of rotatable bonds is 4. The van der Waals surface area contributed by atoms with E-state index >= 15 is 0 Å².